The largest absolute Gasteiger partial charge is 0.350 e. The van der Waals surface area contributed by atoms with E-state index in [1.165, 1.54) is 5.56 Å². The van der Waals surface area contributed by atoms with E-state index in [2.05, 4.69) is 34.5 Å². The number of carbonyl (C=O) groups is 1. The minimum Gasteiger partial charge on any atom is -0.350 e. The summed E-state index contributed by atoms with van der Waals surface area (Å²) >= 11 is 6.06. The first kappa shape index (κ1) is 24.1. The molecule has 0 atom stereocenters. The number of benzene rings is 3. The number of hydrogen-bond donors (Lipinski definition) is 1. The van der Waals surface area contributed by atoms with Crippen LogP contribution < -0.4 is 10.9 Å². The Bertz CT molecular complexity index is 1400. The van der Waals surface area contributed by atoms with Crippen molar-refractivity contribution in [3.63, 3.8) is 0 Å². The third kappa shape index (κ3) is 5.61. The van der Waals surface area contributed by atoms with Crippen LogP contribution in [0, 0.1) is 0 Å². The van der Waals surface area contributed by atoms with Gasteiger partial charge in [0.1, 0.15) is 6.54 Å². The molecule has 1 aromatic heterocycles. The maximum Gasteiger partial charge on any atom is 0.270 e. The van der Waals surface area contributed by atoms with Crippen LogP contribution in [0.1, 0.15) is 27.9 Å². The summed E-state index contributed by atoms with van der Waals surface area (Å²) in [5.74, 6) is -0.206. The number of rotatable bonds is 8. The van der Waals surface area contributed by atoms with Gasteiger partial charge in [-0.1, -0.05) is 84.4 Å². The molecule has 36 heavy (non-hydrogen) atoms. The van der Waals surface area contributed by atoms with Crippen molar-refractivity contribution in [3.05, 3.63) is 128 Å². The second-order valence-electron chi connectivity index (χ2n) is 9.18. The van der Waals surface area contributed by atoms with Crippen LogP contribution in [0.25, 0.3) is 0 Å². The molecule has 4 aromatic rings. The van der Waals surface area contributed by atoms with Gasteiger partial charge >= 0.3 is 0 Å². The third-order valence-corrected chi connectivity index (χ3v) is 6.83. The summed E-state index contributed by atoms with van der Waals surface area (Å²) in [7, 11) is 0. The van der Waals surface area contributed by atoms with E-state index in [-0.39, 0.29) is 18.0 Å². The molecule has 0 fully saturated rings. The Morgan fingerprint density at radius 3 is 2.19 bits per heavy atom. The molecule has 6 nitrogen and oxygen atoms in total. The second kappa shape index (κ2) is 11.0. The Morgan fingerprint density at radius 1 is 0.833 bits per heavy atom. The number of amides is 1. The molecule has 5 rings (SSSR count). The van der Waals surface area contributed by atoms with Crippen LogP contribution in [0.2, 0.25) is 5.02 Å². The van der Waals surface area contributed by atoms with Crippen molar-refractivity contribution < 1.29 is 4.79 Å². The van der Waals surface area contributed by atoms with Crippen LogP contribution in [-0.4, -0.2) is 26.7 Å². The summed E-state index contributed by atoms with van der Waals surface area (Å²) in [5, 5.41) is 3.56. The summed E-state index contributed by atoms with van der Waals surface area (Å²) in [6.07, 6.45) is 0.674. The van der Waals surface area contributed by atoms with Gasteiger partial charge in [-0.05, 0) is 35.2 Å². The average molecular weight is 501 g/mol. The van der Waals surface area contributed by atoms with Crippen LogP contribution in [0.15, 0.2) is 89.7 Å². The maximum atomic E-state index is 13.5. The number of nitrogens with one attached hydrogen (secondary N) is 1. The molecule has 0 radical (unpaired) electrons. The van der Waals surface area contributed by atoms with E-state index in [1.54, 1.807) is 10.7 Å². The lowest BCUT2D eigenvalue weighted by atomic mass is 10.1. The monoisotopic (exact) mass is 500 g/mol. The normalized spacial score (nSPS) is 13.4. The lowest BCUT2D eigenvalue weighted by Gasteiger charge is -2.28. The molecule has 2 heterocycles. The summed E-state index contributed by atoms with van der Waals surface area (Å²) in [6, 6.07) is 27.8. The number of fused-ring (bicyclic) bond motifs is 1. The Labute approximate surface area is 215 Å². The Kier molecular flexibility index (Phi) is 7.35. The topological polar surface area (TPSA) is 59.3 Å². The molecule has 0 saturated heterocycles. The van der Waals surface area contributed by atoms with E-state index < -0.39 is 0 Å². The predicted octanol–water partition coefficient (Wildman–Crippen LogP) is 4.23. The zero-order chi connectivity index (χ0) is 24.9. The first-order chi connectivity index (χ1) is 17.6. The van der Waals surface area contributed by atoms with Gasteiger partial charge in [-0.2, -0.15) is 0 Å². The number of aromatic nitrogens is 2. The fourth-order valence-corrected chi connectivity index (χ4v) is 5.00. The lowest BCUT2D eigenvalue weighted by Crippen LogP contribution is -2.34. The van der Waals surface area contributed by atoms with Gasteiger partial charge < -0.3 is 5.32 Å². The Hall–Kier alpha value is -3.61. The van der Waals surface area contributed by atoms with E-state index in [0.29, 0.717) is 31.1 Å². The first-order valence-electron chi connectivity index (χ1n) is 12.2. The van der Waals surface area contributed by atoms with Crippen molar-refractivity contribution in [2.45, 2.75) is 39.1 Å². The molecule has 0 saturated carbocycles. The van der Waals surface area contributed by atoms with Crippen molar-refractivity contribution in [2.75, 3.05) is 6.54 Å². The highest BCUT2D eigenvalue weighted by Gasteiger charge is 2.27. The molecule has 184 valence electrons. The smallest absolute Gasteiger partial charge is 0.270 e. The van der Waals surface area contributed by atoms with Crippen LogP contribution in [-0.2, 0) is 43.9 Å². The fraction of sp³-hybridized carbons (Fsp3) is 0.241. The number of nitrogens with zero attached hydrogens (tertiary/aromatic N) is 3. The van der Waals surface area contributed by atoms with Crippen molar-refractivity contribution in [1.29, 1.82) is 0 Å². The van der Waals surface area contributed by atoms with Gasteiger partial charge in [0, 0.05) is 36.8 Å². The van der Waals surface area contributed by atoms with E-state index in [1.807, 2.05) is 59.3 Å². The molecule has 0 unspecified atom stereocenters. The highest BCUT2D eigenvalue weighted by molar-refractivity contribution is 6.30. The van der Waals surface area contributed by atoms with E-state index in [0.717, 1.165) is 35.5 Å². The molecule has 1 N–H and O–H groups in total. The van der Waals surface area contributed by atoms with E-state index in [4.69, 9.17) is 11.6 Å². The van der Waals surface area contributed by atoms with Gasteiger partial charge in [0.25, 0.3) is 5.56 Å². The average Bonchev–Trinajstić information content (AvgIpc) is 3.14. The first-order valence-corrected chi connectivity index (χ1v) is 12.6. The molecule has 0 aliphatic carbocycles. The molecule has 1 aliphatic heterocycles. The summed E-state index contributed by atoms with van der Waals surface area (Å²) in [5.41, 5.74) is 4.99. The van der Waals surface area contributed by atoms with Crippen LogP contribution in [0.5, 0.6) is 0 Å². The van der Waals surface area contributed by atoms with Crippen molar-refractivity contribution in [2.24, 2.45) is 0 Å². The van der Waals surface area contributed by atoms with Gasteiger partial charge in [0.2, 0.25) is 5.91 Å². The SMILES string of the molecule is O=C(Cn1c(=O)c2c(n1Cc1ccccc1)CN(Cc1ccccc1)CC2)NCc1cccc(Cl)c1. The quantitative estimate of drug-likeness (QED) is 0.394. The number of hydrogen-bond acceptors (Lipinski definition) is 3. The minimum absolute atomic E-state index is 0.0298. The molecule has 1 aliphatic rings. The molecule has 0 bridgehead atoms. The predicted molar refractivity (Wildman–Crippen MR) is 142 cm³/mol. The third-order valence-electron chi connectivity index (χ3n) is 6.59. The zero-order valence-electron chi connectivity index (χ0n) is 20.1. The van der Waals surface area contributed by atoms with Gasteiger partial charge in [0.05, 0.1) is 12.2 Å². The van der Waals surface area contributed by atoms with Crippen LogP contribution >= 0.6 is 11.6 Å². The number of carbonyl (C=O) groups excluding carboxylic acids is 1. The fourth-order valence-electron chi connectivity index (χ4n) is 4.79. The molecular formula is C29H29ClN4O2. The second-order valence-corrected chi connectivity index (χ2v) is 9.62. The van der Waals surface area contributed by atoms with Gasteiger partial charge in [-0.25, -0.2) is 4.68 Å². The van der Waals surface area contributed by atoms with Gasteiger partial charge in [-0.15, -0.1) is 0 Å². The van der Waals surface area contributed by atoms with Gasteiger partial charge in [0.15, 0.2) is 0 Å². The zero-order valence-corrected chi connectivity index (χ0v) is 20.8. The summed E-state index contributed by atoms with van der Waals surface area (Å²) in [6.45, 7) is 3.17. The Balaban J connectivity index is 1.39. The standard InChI is InChI=1S/C29H29ClN4O2/c30-25-13-7-12-24(16-25)17-31-28(35)21-34-29(36)26-14-15-32(18-22-8-3-1-4-9-22)20-27(26)33(34)19-23-10-5-2-6-11-23/h1-13,16H,14-15,17-21H2,(H,31,35). The van der Waals surface area contributed by atoms with Crippen molar-refractivity contribution in [1.82, 2.24) is 19.6 Å². The van der Waals surface area contributed by atoms with E-state index >= 15 is 0 Å². The van der Waals surface area contributed by atoms with Crippen LogP contribution in [0.3, 0.4) is 0 Å². The van der Waals surface area contributed by atoms with E-state index in [9.17, 15) is 9.59 Å². The Morgan fingerprint density at radius 2 is 1.50 bits per heavy atom. The molecule has 1 amide bonds. The highest BCUT2D eigenvalue weighted by atomic mass is 35.5. The summed E-state index contributed by atoms with van der Waals surface area (Å²) < 4.78 is 3.61. The van der Waals surface area contributed by atoms with Gasteiger partial charge in [-0.3, -0.25) is 19.2 Å². The highest BCUT2D eigenvalue weighted by Crippen LogP contribution is 2.20. The molecular weight excluding hydrogens is 472 g/mol. The minimum atomic E-state index is -0.206. The van der Waals surface area contributed by atoms with Crippen LogP contribution in [0.4, 0.5) is 0 Å². The van der Waals surface area contributed by atoms with Crippen molar-refractivity contribution >= 4 is 17.5 Å². The summed E-state index contributed by atoms with van der Waals surface area (Å²) in [4.78, 5) is 28.8. The molecule has 0 spiro atoms. The maximum absolute atomic E-state index is 13.5. The van der Waals surface area contributed by atoms with Crippen molar-refractivity contribution in [3.8, 4) is 0 Å². The lowest BCUT2D eigenvalue weighted by molar-refractivity contribution is -0.122. The molecule has 7 heteroatoms. The number of halogens is 1. The molecule has 3 aromatic carbocycles.